The van der Waals surface area contributed by atoms with Crippen LogP contribution in [0.25, 0.3) is 0 Å². The van der Waals surface area contributed by atoms with Gasteiger partial charge in [-0.1, -0.05) is 51.9 Å². The molecule has 0 radical (unpaired) electrons. The van der Waals surface area contributed by atoms with E-state index in [0.29, 0.717) is 0 Å². The quantitative estimate of drug-likeness (QED) is 0.275. The maximum Gasteiger partial charge on any atom is 0.335 e. The molecule has 152 valence electrons. The van der Waals surface area contributed by atoms with E-state index >= 15 is 0 Å². The molecule has 2 unspecified atom stereocenters. The number of aliphatic hydroxyl groups is 2. The van der Waals surface area contributed by atoms with Crippen LogP contribution in [-0.4, -0.2) is 58.6 Å². The van der Waals surface area contributed by atoms with Crippen LogP contribution < -0.4 is 0 Å². The summed E-state index contributed by atoms with van der Waals surface area (Å²) in [5.74, 6) is -2.91. The molecule has 0 bridgehead atoms. The molecule has 0 fully saturated rings. The van der Waals surface area contributed by atoms with Crippen LogP contribution in [0.5, 0.6) is 0 Å². The zero-order valence-corrected chi connectivity index (χ0v) is 15.5. The number of carboxylic acids is 1. The Balaban J connectivity index is 3.63. The number of esters is 2. The number of aliphatic hydroxyl groups excluding tert-OH is 2. The number of hydrogen-bond donors (Lipinski definition) is 3. The first-order valence-electron chi connectivity index (χ1n) is 9.27. The Morgan fingerprint density at radius 1 is 0.846 bits per heavy atom. The highest BCUT2D eigenvalue weighted by atomic mass is 16.6. The fourth-order valence-corrected chi connectivity index (χ4v) is 2.24. The van der Waals surface area contributed by atoms with Gasteiger partial charge in [-0.05, 0) is 6.42 Å². The van der Waals surface area contributed by atoms with Crippen LogP contribution in [-0.2, 0) is 23.9 Å². The standard InChI is InChI=1S/C18H32O8/c1-2-3-4-5-6-7-8-9-10-17(23)25-12-14(19)13-26-18(24)15(20)11-16(21)22/h14-15,19-20H,2-13H2,1H3,(H,21,22). The van der Waals surface area contributed by atoms with E-state index in [0.717, 1.165) is 19.3 Å². The highest BCUT2D eigenvalue weighted by molar-refractivity contribution is 5.80. The Bertz CT molecular complexity index is 410. The van der Waals surface area contributed by atoms with Gasteiger partial charge >= 0.3 is 17.9 Å². The average Bonchev–Trinajstić information content (AvgIpc) is 2.59. The second-order valence-electron chi connectivity index (χ2n) is 6.31. The summed E-state index contributed by atoms with van der Waals surface area (Å²) in [5.41, 5.74) is 0. The Morgan fingerprint density at radius 3 is 1.96 bits per heavy atom. The lowest BCUT2D eigenvalue weighted by molar-refractivity contribution is -0.162. The van der Waals surface area contributed by atoms with Gasteiger partial charge < -0.3 is 24.8 Å². The van der Waals surface area contributed by atoms with Crippen molar-refractivity contribution < 1.29 is 39.2 Å². The minimum atomic E-state index is -1.79. The molecule has 0 aromatic heterocycles. The van der Waals surface area contributed by atoms with Crippen molar-refractivity contribution in [2.24, 2.45) is 0 Å². The SMILES string of the molecule is CCCCCCCCCCC(=O)OCC(O)COC(=O)C(O)CC(=O)O. The predicted octanol–water partition coefficient (Wildman–Crippen LogP) is 1.80. The summed E-state index contributed by atoms with van der Waals surface area (Å²) in [6.45, 7) is 1.37. The van der Waals surface area contributed by atoms with Gasteiger partial charge in [-0.25, -0.2) is 4.79 Å². The molecule has 8 heteroatoms. The number of carbonyl (C=O) groups is 3. The van der Waals surface area contributed by atoms with Gasteiger partial charge in [-0.15, -0.1) is 0 Å². The Hall–Kier alpha value is -1.67. The number of unbranched alkanes of at least 4 members (excludes halogenated alkanes) is 7. The van der Waals surface area contributed by atoms with Crippen LogP contribution in [0.15, 0.2) is 0 Å². The largest absolute Gasteiger partial charge is 0.481 e. The number of carboxylic acid groups (broad SMARTS) is 1. The van der Waals surface area contributed by atoms with Crippen molar-refractivity contribution in [2.75, 3.05) is 13.2 Å². The van der Waals surface area contributed by atoms with Crippen LogP contribution in [0, 0.1) is 0 Å². The lowest BCUT2D eigenvalue weighted by Crippen LogP contribution is -2.31. The number of carbonyl (C=O) groups excluding carboxylic acids is 2. The topological polar surface area (TPSA) is 130 Å². The van der Waals surface area contributed by atoms with Gasteiger partial charge in [0.05, 0.1) is 6.42 Å². The van der Waals surface area contributed by atoms with Crippen molar-refractivity contribution in [1.29, 1.82) is 0 Å². The van der Waals surface area contributed by atoms with E-state index in [2.05, 4.69) is 11.7 Å². The summed E-state index contributed by atoms with van der Waals surface area (Å²) in [4.78, 5) is 33.1. The van der Waals surface area contributed by atoms with Crippen LogP contribution in [0.4, 0.5) is 0 Å². The molecule has 0 spiro atoms. The summed E-state index contributed by atoms with van der Waals surface area (Å²) in [6, 6.07) is 0. The zero-order valence-electron chi connectivity index (χ0n) is 15.5. The predicted molar refractivity (Wildman–Crippen MR) is 93.4 cm³/mol. The molecule has 2 atom stereocenters. The molecule has 0 aromatic rings. The van der Waals surface area contributed by atoms with E-state index in [1.165, 1.54) is 32.1 Å². The van der Waals surface area contributed by atoms with Crippen molar-refractivity contribution in [3.05, 3.63) is 0 Å². The molecule has 0 aliphatic carbocycles. The molecule has 0 aromatic carbocycles. The van der Waals surface area contributed by atoms with E-state index in [1.807, 2.05) is 0 Å². The minimum absolute atomic E-state index is 0.277. The molecule has 0 aliphatic rings. The number of hydrogen-bond acceptors (Lipinski definition) is 7. The highest BCUT2D eigenvalue weighted by Crippen LogP contribution is 2.10. The van der Waals surface area contributed by atoms with Crippen molar-refractivity contribution in [3.8, 4) is 0 Å². The first kappa shape index (κ1) is 24.3. The molecule has 0 rings (SSSR count). The van der Waals surface area contributed by atoms with E-state index < -0.39 is 43.1 Å². The van der Waals surface area contributed by atoms with E-state index in [9.17, 15) is 24.6 Å². The molecule has 0 saturated carbocycles. The van der Waals surface area contributed by atoms with Crippen molar-refractivity contribution in [3.63, 3.8) is 0 Å². The van der Waals surface area contributed by atoms with Gasteiger partial charge in [0.15, 0.2) is 6.10 Å². The first-order valence-corrected chi connectivity index (χ1v) is 9.27. The maximum absolute atomic E-state index is 11.5. The fraction of sp³-hybridized carbons (Fsp3) is 0.833. The van der Waals surface area contributed by atoms with Crippen LogP contribution in [0.3, 0.4) is 0 Å². The third-order valence-corrected chi connectivity index (χ3v) is 3.73. The number of aliphatic carboxylic acids is 1. The summed E-state index contributed by atoms with van der Waals surface area (Å²) >= 11 is 0. The normalized spacial score (nSPS) is 13.0. The Kier molecular flexibility index (Phi) is 14.6. The average molecular weight is 376 g/mol. The van der Waals surface area contributed by atoms with Gasteiger partial charge in [-0.2, -0.15) is 0 Å². The maximum atomic E-state index is 11.5. The summed E-state index contributed by atoms with van der Waals surface area (Å²) in [7, 11) is 0. The fourth-order valence-electron chi connectivity index (χ4n) is 2.24. The molecule has 0 saturated heterocycles. The van der Waals surface area contributed by atoms with Gasteiger partial charge in [-0.3, -0.25) is 9.59 Å². The van der Waals surface area contributed by atoms with Crippen LogP contribution >= 0.6 is 0 Å². The molecule has 8 nitrogen and oxygen atoms in total. The van der Waals surface area contributed by atoms with Gasteiger partial charge in [0, 0.05) is 6.42 Å². The van der Waals surface area contributed by atoms with Gasteiger partial charge in [0.2, 0.25) is 0 Å². The zero-order chi connectivity index (χ0) is 19.8. The summed E-state index contributed by atoms with van der Waals surface area (Å²) < 4.78 is 9.44. The Morgan fingerprint density at radius 2 is 1.38 bits per heavy atom. The van der Waals surface area contributed by atoms with Gasteiger partial charge in [0.25, 0.3) is 0 Å². The Labute approximate surface area is 154 Å². The van der Waals surface area contributed by atoms with Gasteiger partial charge in [0.1, 0.15) is 19.3 Å². The molecule has 0 aliphatic heterocycles. The second kappa shape index (κ2) is 15.6. The molecule has 26 heavy (non-hydrogen) atoms. The lowest BCUT2D eigenvalue weighted by atomic mass is 10.1. The third-order valence-electron chi connectivity index (χ3n) is 3.73. The minimum Gasteiger partial charge on any atom is -0.481 e. The van der Waals surface area contributed by atoms with E-state index in [4.69, 9.17) is 9.84 Å². The monoisotopic (exact) mass is 376 g/mol. The van der Waals surface area contributed by atoms with E-state index in [1.54, 1.807) is 0 Å². The van der Waals surface area contributed by atoms with E-state index in [-0.39, 0.29) is 13.0 Å². The van der Waals surface area contributed by atoms with Crippen molar-refractivity contribution in [2.45, 2.75) is 83.3 Å². The smallest absolute Gasteiger partial charge is 0.335 e. The molecular weight excluding hydrogens is 344 g/mol. The summed E-state index contributed by atoms with van der Waals surface area (Å²) in [5, 5.41) is 27.2. The van der Waals surface area contributed by atoms with Crippen LogP contribution in [0.2, 0.25) is 0 Å². The number of ether oxygens (including phenoxy) is 2. The highest BCUT2D eigenvalue weighted by Gasteiger charge is 2.21. The third kappa shape index (κ3) is 14.7. The van der Waals surface area contributed by atoms with Crippen molar-refractivity contribution in [1.82, 2.24) is 0 Å². The first-order chi connectivity index (χ1) is 12.4. The summed E-state index contributed by atoms with van der Waals surface area (Å²) in [6.07, 6.45) is 5.42. The second-order valence-corrected chi connectivity index (χ2v) is 6.31. The van der Waals surface area contributed by atoms with Crippen LogP contribution in [0.1, 0.15) is 71.1 Å². The number of rotatable bonds is 16. The van der Waals surface area contributed by atoms with Crippen molar-refractivity contribution >= 4 is 17.9 Å². The lowest BCUT2D eigenvalue weighted by Gasteiger charge is -2.13. The molecule has 3 N–H and O–H groups in total. The molecule has 0 amide bonds. The molecular formula is C18H32O8. The molecule has 0 heterocycles.